The zero-order valence-corrected chi connectivity index (χ0v) is 6.99. The lowest BCUT2D eigenvalue weighted by molar-refractivity contribution is 0.190. The van der Waals surface area contributed by atoms with E-state index in [0.717, 1.165) is 25.1 Å². The van der Waals surface area contributed by atoms with Gasteiger partial charge in [-0.3, -0.25) is 0 Å². The van der Waals surface area contributed by atoms with Crippen LogP contribution >= 0.6 is 15.9 Å². The standard InChI is InChI=1S/C6H12BrNO/c7-2-3-8-6-1-4-9-5-6/h6,8H,1-5H2. The predicted molar refractivity (Wildman–Crippen MR) is 41.0 cm³/mol. The molecule has 54 valence electrons. The molecule has 1 N–H and O–H groups in total. The highest BCUT2D eigenvalue weighted by Crippen LogP contribution is 2.02. The first-order valence-corrected chi connectivity index (χ1v) is 4.42. The average molecular weight is 194 g/mol. The highest BCUT2D eigenvalue weighted by Gasteiger charge is 2.13. The largest absolute Gasteiger partial charge is 0.380 e. The fourth-order valence-electron chi connectivity index (χ4n) is 0.954. The summed E-state index contributed by atoms with van der Waals surface area (Å²) in [6.07, 6.45) is 1.17. The van der Waals surface area contributed by atoms with Gasteiger partial charge in [0.2, 0.25) is 0 Å². The number of rotatable bonds is 3. The van der Waals surface area contributed by atoms with E-state index in [-0.39, 0.29) is 0 Å². The SMILES string of the molecule is BrCCNC1CCOC1. The van der Waals surface area contributed by atoms with E-state index in [2.05, 4.69) is 21.2 Å². The van der Waals surface area contributed by atoms with Crippen molar-refractivity contribution < 1.29 is 4.74 Å². The maximum atomic E-state index is 5.18. The molecule has 1 fully saturated rings. The van der Waals surface area contributed by atoms with Gasteiger partial charge in [0.05, 0.1) is 6.61 Å². The Balaban J connectivity index is 1.98. The molecule has 0 aliphatic carbocycles. The zero-order valence-electron chi connectivity index (χ0n) is 5.40. The zero-order chi connectivity index (χ0) is 6.53. The molecule has 0 bridgehead atoms. The van der Waals surface area contributed by atoms with Gasteiger partial charge < -0.3 is 10.1 Å². The molecule has 0 aromatic heterocycles. The van der Waals surface area contributed by atoms with Gasteiger partial charge in [0.1, 0.15) is 0 Å². The number of ether oxygens (including phenoxy) is 1. The molecule has 0 amide bonds. The van der Waals surface area contributed by atoms with Crippen LogP contribution in [0.15, 0.2) is 0 Å². The lowest BCUT2D eigenvalue weighted by Crippen LogP contribution is -2.30. The van der Waals surface area contributed by atoms with E-state index >= 15 is 0 Å². The van der Waals surface area contributed by atoms with Crippen LogP contribution in [-0.4, -0.2) is 31.1 Å². The second kappa shape index (κ2) is 4.25. The van der Waals surface area contributed by atoms with E-state index in [4.69, 9.17) is 4.74 Å². The fourth-order valence-corrected chi connectivity index (χ4v) is 1.18. The van der Waals surface area contributed by atoms with Gasteiger partial charge in [-0.05, 0) is 6.42 Å². The van der Waals surface area contributed by atoms with Gasteiger partial charge in [-0.2, -0.15) is 0 Å². The molecule has 3 heteroatoms. The van der Waals surface area contributed by atoms with E-state index < -0.39 is 0 Å². The van der Waals surface area contributed by atoms with Gasteiger partial charge in [0, 0.05) is 24.5 Å². The second-order valence-electron chi connectivity index (χ2n) is 2.20. The summed E-state index contributed by atoms with van der Waals surface area (Å²) in [7, 11) is 0. The maximum Gasteiger partial charge on any atom is 0.0620 e. The minimum atomic E-state index is 0.613. The number of nitrogens with one attached hydrogen (secondary N) is 1. The molecule has 1 aliphatic rings. The van der Waals surface area contributed by atoms with Gasteiger partial charge in [-0.1, -0.05) is 15.9 Å². The van der Waals surface area contributed by atoms with Crippen LogP contribution in [0.1, 0.15) is 6.42 Å². The average Bonchev–Trinajstić information content (AvgIpc) is 2.34. The molecule has 1 unspecified atom stereocenters. The van der Waals surface area contributed by atoms with Crippen LogP contribution in [-0.2, 0) is 4.74 Å². The Bertz CT molecular complexity index is 73.5. The highest BCUT2D eigenvalue weighted by molar-refractivity contribution is 9.09. The van der Waals surface area contributed by atoms with Crippen molar-refractivity contribution in [3.63, 3.8) is 0 Å². The van der Waals surface area contributed by atoms with E-state index in [1.807, 2.05) is 0 Å². The molecule has 0 saturated carbocycles. The van der Waals surface area contributed by atoms with Crippen LogP contribution < -0.4 is 5.32 Å². The van der Waals surface area contributed by atoms with Crippen molar-refractivity contribution in [1.29, 1.82) is 0 Å². The van der Waals surface area contributed by atoms with Crippen LogP contribution in [0.5, 0.6) is 0 Å². The van der Waals surface area contributed by atoms with Crippen LogP contribution in [0, 0.1) is 0 Å². The Hall–Kier alpha value is 0.400. The van der Waals surface area contributed by atoms with Crippen molar-refractivity contribution in [3.05, 3.63) is 0 Å². The van der Waals surface area contributed by atoms with Crippen LogP contribution in [0.25, 0.3) is 0 Å². The first-order chi connectivity index (χ1) is 4.43. The summed E-state index contributed by atoms with van der Waals surface area (Å²) in [4.78, 5) is 0. The van der Waals surface area contributed by atoms with Crippen molar-refractivity contribution >= 4 is 15.9 Å². The third kappa shape index (κ3) is 2.65. The quantitative estimate of drug-likeness (QED) is 0.669. The van der Waals surface area contributed by atoms with Gasteiger partial charge in [-0.25, -0.2) is 0 Å². The molecule has 1 atom stereocenters. The van der Waals surface area contributed by atoms with Gasteiger partial charge in [0.15, 0.2) is 0 Å². The van der Waals surface area contributed by atoms with Crippen molar-refractivity contribution in [1.82, 2.24) is 5.32 Å². The minimum absolute atomic E-state index is 0.613. The molecule has 0 spiro atoms. The summed E-state index contributed by atoms with van der Waals surface area (Å²) in [5, 5.41) is 4.39. The number of alkyl halides is 1. The van der Waals surface area contributed by atoms with Crippen molar-refractivity contribution in [2.45, 2.75) is 12.5 Å². The highest BCUT2D eigenvalue weighted by atomic mass is 79.9. The lowest BCUT2D eigenvalue weighted by atomic mass is 10.3. The maximum absolute atomic E-state index is 5.18. The van der Waals surface area contributed by atoms with Gasteiger partial charge >= 0.3 is 0 Å². The minimum Gasteiger partial charge on any atom is -0.380 e. The number of halogens is 1. The third-order valence-corrected chi connectivity index (χ3v) is 1.85. The topological polar surface area (TPSA) is 21.3 Å². The van der Waals surface area contributed by atoms with E-state index in [0.29, 0.717) is 6.04 Å². The van der Waals surface area contributed by atoms with E-state index in [9.17, 15) is 0 Å². The number of hydrogen-bond donors (Lipinski definition) is 1. The summed E-state index contributed by atoms with van der Waals surface area (Å²) >= 11 is 3.35. The van der Waals surface area contributed by atoms with Crippen LogP contribution in [0.3, 0.4) is 0 Å². The smallest absolute Gasteiger partial charge is 0.0620 e. The molecule has 0 aromatic carbocycles. The monoisotopic (exact) mass is 193 g/mol. The summed E-state index contributed by atoms with van der Waals surface area (Å²) in [6.45, 7) is 2.88. The van der Waals surface area contributed by atoms with Crippen LogP contribution in [0.4, 0.5) is 0 Å². The molecule has 0 aromatic rings. The predicted octanol–water partition coefficient (Wildman–Crippen LogP) is 0.760. The normalized spacial score (nSPS) is 27.0. The fraction of sp³-hybridized carbons (Fsp3) is 1.00. The molecular weight excluding hydrogens is 182 g/mol. The Labute approximate surface area is 64.1 Å². The molecular formula is C6H12BrNO. The Morgan fingerprint density at radius 3 is 3.11 bits per heavy atom. The Morgan fingerprint density at radius 2 is 2.56 bits per heavy atom. The molecule has 9 heavy (non-hydrogen) atoms. The molecule has 1 saturated heterocycles. The summed E-state index contributed by atoms with van der Waals surface area (Å²) in [6, 6.07) is 0.613. The first-order valence-electron chi connectivity index (χ1n) is 3.30. The summed E-state index contributed by atoms with van der Waals surface area (Å²) in [5.74, 6) is 0. The lowest BCUT2D eigenvalue weighted by Gasteiger charge is -2.06. The molecule has 1 heterocycles. The molecule has 0 radical (unpaired) electrons. The third-order valence-electron chi connectivity index (χ3n) is 1.46. The number of hydrogen-bond acceptors (Lipinski definition) is 2. The van der Waals surface area contributed by atoms with Crippen molar-refractivity contribution in [2.24, 2.45) is 0 Å². The van der Waals surface area contributed by atoms with E-state index in [1.54, 1.807) is 0 Å². The van der Waals surface area contributed by atoms with Gasteiger partial charge in [0.25, 0.3) is 0 Å². The molecule has 1 aliphatic heterocycles. The van der Waals surface area contributed by atoms with Crippen molar-refractivity contribution in [3.8, 4) is 0 Å². The molecule has 2 nitrogen and oxygen atoms in total. The Morgan fingerprint density at radius 1 is 1.67 bits per heavy atom. The van der Waals surface area contributed by atoms with Crippen LogP contribution in [0.2, 0.25) is 0 Å². The summed E-state index contributed by atoms with van der Waals surface area (Å²) < 4.78 is 5.18. The van der Waals surface area contributed by atoms with E-state index in [1.165, 1.54) is 6.42 Å². The summed E-state index contributed by atoms with van der Waals surface area (Å²) in [5.41, 5.74) is 0. The van der Waals surface area contributed by atoms with Crippen molar-refractivity contribution in [2.75, 3.05) is 25.1 Å². The van der Waals surface area contributed by atoms with Gasteiger partial charge in [-0.15, -0.1) is 0 Å². The second-order valence-corrected chi connectivity index (χ2v) is 3.00. The Kier molecular flexibility index (Phi) is 3.55. The first kappa shape index (κ1) is 7.51. The molecule has 1 rings (SSSR count).